The van der Waals surface area contributed by atoms with Crippen LogP contribution in [0.4, 0.5) is 23.7 Å². The largest absolute Gasteiger partial charge is 0.469 e. The number of anilines is 1. The van der Waals surface area contributed by atoms with Gasteiger partial charge in [-0.1, -0.05) is 30.1 Å². The Bertz CT molecular complexity index is 1060. The SMILES string of the molecule is CCOC(=O)N1c2ccc(C(F)(F)F)cc2[C@H]([C@H](C(=O)OC)c2cc(Cl)cc(Cl)c2)C[C@H]1CC. The van der Waals surface area contributed by atoms with Crippen LogP contribution in [0.2, 0.25) is 10.0 Å². The van der Waals surface area contributed by atoms with Crippen LogP contribution in [0.25, 0.3) is 0 Å². The van der Waals surface area contributed by atoms with Gasteiger partial charge < -0.3 is 9.47 Å². The van der Waals surface area contributed by atoms with E-state index in [2.05, 4.69) is 0 Å². The molecule has 1 aliphatic rings. The molecule has 2 aromatic rings. The molecule has 3 atom stereocenters. The quantitative estimate of drug-likeness (QED) is 0.393. The van der Waals surface area contributed by atoms with E-state index in [1.54, 1.807) is 19.1 Å². The number of carbonyl (C=O) groups excluding carboxylic acids is 2. The highest BCUT2D eigenvalue weighted by molar-refractivity contribution is 6.34. The molecule has 0 unspecified atom stereocenters. The average molecular weight is 518 g/mol. The summed E-state index contributed by atoms with van der Waals surface area (Å²) in [4.78, 5) is 27.2. The molecule has 184 valence electrons. The fraction of sp³-hybridized carbons (Fsp3) is 0.417. The zero-order chi connectivity index (χ0) is 25.2. The summed E-state index contributed by atoms with van der Waals surface area (Å²) < 4.78 is 51.1. The third-order valence-corrected chi connectivity index (χ3v) is 6.38. The molecule has 0 saturated heterocycles. The van der Waals surface area contributed by atoms with Gasteiger partial charge in [-0.25, -0.2) is 4.79 Å². The zero-order valence-electron chi connectivity index (χ0n) is 18.8. The van der Waals surface area contributed by atoms with Crippen LogP contribution < -0.4 is 4.90 Å². The van der Waals surface area contributed by atoms with Crippen molar-refractivity contribution in [1.82, 2.24) is 0 Å². The van der Waals surface area contributed by atoms with Crippen molar-refractivity contribution >= 4 is 41.0 Å². The number of fused-ring (bicyclic) bond motifs is 1. The van der Waals surface area contributed by atoms with Gasteiger partial charge in [-0.3, -0.25) is 9.69 Å². The first-order valence-electron chi connectivity index (χ1n) is 10.7. The van der Waals surface area contributed by atoms with E-state index in [0.717, 1.165) is 12.1 Å². The summed E-state index contributed by atoms with van der Waals surface area (Å²) in [6, 6.07) is 7.32. The first kappa shape index (κ1) is 26.2. The number of amides is 1. The van der Waals surface area contributed by atoms with Gasteiger partial charge in [0, 0.05) is 22.0 Å². The monoisotopic (exact) mass is 517 g/mol. The lowest BCUT2D eigenvalue weighted by molar-refractivity contribution is -0.143. The molecule has 5 nitrogen and oxygen atoms in total. The summed E-state index contributed by atoms with van der Waals surface area (Å²) in [6.07, 6.45) is -4.59. The van der Waals surface area contributed by atoms with E-state index in [1.807, 2.05) is 6.92 Å². The molecule has 0 saturated carbocycles. The molecule has 10 heteroatoms. The van der Waals surface area contributed by atoms with Crippen molar-refractivity contribution in [2.75, 3.05) is 18.6 Å². The number of esters is 1. The van der Waals surface area contributed by atoms with E-state index >= 15 is 0 Å². The second-order valence-electron chi connectivity index (χ2n) is 7.95. The average Bonchev–Trinajstić information content (AvgIpc) is 2.77. The van der Waals surface area contributed by atoms with Gasteiger partial charge in [-0.2, -0.15) is 13.2 Å². The topological polar surface area (TPSA) is 55.8 Å². The molecule has 0 radical (unpaired) electrons. The van der Waals surface area contributed by atoms with Gasteiger partial charge in [0.05, 0.1) is 30.9 Å². The minimum Gasteiger partial charge on any atom is -0.469 e. The maximum atomic E-state index is 13.6. The van der Waals surface area contributed by atoms with Gasteiger partial charge in [0.15, 0.2) is 0 Å². The number of hydrogen-bond acceptors (Lipinski definition) is 4. The lowest BCUT2D eigenvalue weighted by Crippen LogP contribution is -2.46. The first-order chi connectivity index (χ1) is 16.0. The molecule has 34 heavy (non-hydrogen) atoms. The third kappa shape index (κ3) is 5.28. The number of methoxy groups -OCH3 is 1. The molecule has 2 aromatic carbocycles. The molecule has 0 fully saturated rings. The van der Waals surface area contributed by atoms with E-state index < -0.39 is 41.7 Å². The van der Waals surface area contributed by atoms with Crippen molar-refractivity contribution in [2.45, 2.75) is 50.7 Å². The molecule has 3 rings (SSSR count). The van der Waals surface area contributed by atoms with Crippen LogP contribution in [-0.2, 0) is 20.4 Å². The van der Waals surface area contributed by atoms with E-state index in [-0.39, 0.29) is 34.3 Å². The molecular formula is C24H24Cl2F3NO4. The molecule has 1 aliphatic heterocycles. The van der Waals surface area contributed by atoms with E-state index in [1.165, 1.54) is 24.1 Å². The fourth-order valence-electron chi connectivity index (χ4n) is 4.49. The minimum atomic E-state index is -4.62. The highest BCUT2D eigenvalue weighted by Crippen LogP contribution is 2.49. The van der Waals surface area contributed by atoms with Crippen LogP contribution in [0.1, 0.15) is 55.2 Å². The molecule has 0 aliphatic carbocycles. The van der Waals surface area contributed by atoms with Crippen LogP contribution in [-0.4, -0.2) is 31.8 Å². The lowest BCUT2D eigenvalue weighted by atomic mass is 9.74. The Morgan fingerprint density at radius 2 is 1.76 bits per heavy atom. The highest BCUT2D eigenvalue weighted by atomic mass is 35.5. The predicted molar refractivity (Wildman–Crippen MR) is 124 cm³/mol. The lowest BCUT2D eigenvalue weighted by Gasteiger charge is -2.42. The Labute approximate surface area is 205 Å². The van der Waals surface area contributed by atoms with Gasteiger partial charge in [0.2, 0.25) is 0 Å². The normalized spacial score (nSPS) is 18.8. The first-order valence-corrected chi connectivity index (χ1v) is 11.5. The number of halogens is 5. The maximum Gasteiger partial charge on any atom is 0.416 e. The standard InChI is InChI=1S/C24H24Cl2F3NO4/c1-4-17-12-19(21(22(31)33-3)13-8-15(25)11-16(26)9-13)18-10-14(24(27,28)29)6-7-20(18)30(17)23(32)34-5-2/h6-11,17,19,21H,4-5,12H2,1-3H3/t17-,19-,21-/m1/s1. The molecule has 0 N–H and O–H groups in total. The van der Waals surface area contributed by atoms with Crippen molar-refractivity contribution in [3.05, 3.63) is 63.1 Å². The van der Waals surface area contributed by atoms with Crippen LogP contribution in [0, 0.1) is 0 Å². The second kappa shape index (κ2) is 10.4. The Kier molecular flexibility index (Phi) is 8.03. The molecule has 1 amide bonds. The molecule has 0 aromatic heterocycles. The maximum absolute atomic E-state index is 13.6. The Hall–Kier alpha value is -2.45. The molecule has 0 spiro atoms. The summed E-state index contributed by atoms with van der Waals surface area (Å²) >= 11 is 12.3. The van der Waals surface area contributed by atoms with Crippen molar-refractivity contribution in [3.8, 4) is 0 Å². The molecule has 1 heterocycles. The van der Waals surface area contributed by atoms with E-state index in [0.29, 0.717) is 12.0 Å². The fourth-order valence-corrected chi connectivity index (χ4v) is 5.03. The van der Waals surface area contributed by atoms with Crippen LogP contribution in [0.15, 0.2) is 36.4 Å². The van der Waals surface area contributed by atoms with Crippen molar-refractivity contribution in [3.63, 3.8) is 0 Å². The zero-order valence-corrected chi connectivity index (χ0v) is 20.3. The Morgan fingerprint density at radius 1 is 1.12 bits per heavy atom. The molecular weight excluding hydrogens is 494 g/mol. The number of rotatable bonds is 5. The van der Waals surface area contributed by atoms with E-state index in [4.69, 9.17) is 32.7 Å². The van der Waals surface area contributed by atoms with Crippen LogP contribution in [0.3, 0.4) is 0 Å². The third-order valence-electron chi connectivity index (χ3n) is 5.94. The smallest absolute Gasteiger partial charge is 0.416 e. The van der Waals surface area contributed by atoms with Gasteiger partial charge in [-0.05, 0) is 67.3 Å². The highest BCUT2D eigenvalue weighted by Gasteiger charge is 2.44. The minimum absolute atomic E-state index is 0.108. The second-order valence-corrected chi connectivity index (χ2v) is 8.82. The van der Waals surface area contributed by atoms with Crippen molar-refractivity contribution in [2.24, 2.45) is 0 Å². The van der Waals surface area contributed by atoms with Crippen LogP contribution >= 0.6 is 23.2 Å². The predicted octanol–water partition coefficient (Wildman–Crippen LogP) is 7.20. The van der Waals surface area contributed by atoms with Crippen molar-refractivity contribution < 1.29 is 32.2 Å². The molecule has 0 bridgehead atoms. The van der Waals surface area contributed by atoms with E-state index in [9.17, 15) is 22.8 Å². The summed E-state index contributed by atoms with van der Waals surface area (Å²) in [5.74, 6) is -2.39. The number of hydrogen-bond donors (Lipinski definition) is 0. The van der Waals surface area contributed by atoms with Gasteiger partial charge in [0.1, 0.15) is 0 Å². The van der Waals surface area contributed by atoms with Crippen LogP contribution in [0.5, 0.6) is 0 Å². The van der Waals surface area contributed by atoms with Crippen molar-refractivity contribution in [1.29, 1.82) is 0 Å². The number of carbonyl (C=O) groups is 2. The summed E-state index contributed by atoms with van der Waals surface area (Å²) in [6.45, 7) is 3.61. The Balaban J connectivity index is 2.27. The Morgan fingerprint density at radius 3 is 2.29 bits per heavy atom. The van der Waals surface area contributed by atoms with Gasteiger partial charge in [0.25, 0.3) is 0 Å². The van der Waals surface area contributed by atoms with Gasteiger partial charge >= 0.3 is 18.2 Å². The summed E-state index contributed by atoms with van der Waals surface area (Å²) in [5.41, 5.74) is -0.0180. The number of nitrogens with zero attached hydrogens (tertiary/aromatic N) is 1. The number of benzene rings is 2. The van der Waals surface area contributed by atoms with Gasteiger partial charge in [-0.15, -0.1) is 0 Å². The number of alkyl halides is 3. The summed E-state index contributed by atoms with van der Waals surface area (Å²) in [5, 5.41) is 0.549. The number of ether oxygens (including phenoxy) is 2. The summed E-state index contributed by atoms with van der Waals surface area (Å²) in [7, 11) is 1.21.